The summed E-state index contributed by atoms with van der Waals surface area (Å²) in [6.45, 7) is 6.14. The largest absolute Gasteiger partial charge is 0.329 e. The predicted octanol–water partition coefficient (Wildman–Crippen LogP) is 5.64. The average Bonchev–Trinajstić information content (AvgIpc) is 3.29. The molecule has 0 unspecified atom stereocenters. The SMILES string of the molecule is C=CCN(Cc1cnc(S(=O)(=O)Cc2cccc(C)c2)n1C1CCCCC1)C(=O)c1ccc(F)cc1. The van der Waals surface area contributed by atoms with Gasteiger partial charge in [-0.3, -0.25) is 4.79 Å². The Morgan fingerprint density at radius 3 is 2.56 bits per heavy atom. The van der Waals surface area contributed by atoms with E-state index in [4.69, 9.17) is 0 Å². The van der Waals surface area contributed by atoms with Crippen LogP contribution in [0.15, 0.2) is 72.5 Å². The quantitative estimate of drug-likeness (QED) is 0.350. The number of carbonyl (C=O) groups is 1. The molecule has 1 saturated carbocycles. The van der Waals surface area contributed by atoms with Gasteiger partial charge in [-0.05, 0) is 49.6 Å². The van der Waals surface area contributed by atoms with Crippen LogP contribution in [0.3, 0.4) is 0 Å². The minimum Gasteiger partial charge on any atom is -0.329 e. The molecule has 36 heavy (non-hydrogen) atoms. The standard InChI is InChI=1S/C28H32FN3O3S/c1-3-16-31(27(33)23-12-14-24(29)15-13-23)19-26-18-30-28(32(26)25-10-5-4-6-11-25)36(34,35)20-22-9-7-8-21(2)17-22/h3,7-9,12-15,17-18,25H,1,4-6,10-11,16,19-20H2,2H3. The van der Waals surface area contributed by atoms with Gasteiger partial charge in [-0.1, -0.05) is 55.2 Å². The molecule has 1 heterocycles. The molecule has 0 spiro atoms. The fourth-order valence-electron chi connectivity index (χ4n) is 4.89. The molecule has 1 aliphatic rings. The van der Waals surface area contributed by atoms with Crippen LogP contribution < -0.4 is 0 Å². The summed E-state index contributed by atoms with van der Waals surface area (Å²) in [5, 5.41) is 0.0543. The Morgan fingerprint density at radius 2 is 1.89 bits per heavy atom. The number of sulfone groups is 1. The normalized spacial score (nSPS) is 14.5. The highest BCUT2D eigenvalue weighted by molar-refractivity contribution is 7.90. The lowest BCUT2D eigenvalue weighted by atomic mass is 9.95. The van der Waals surface area contributed by atoms with E-state index in [2.05, 4.69) is 11.6 Å². The van der Waals surface area contributed by atoms with E-state index in [0.29, 0.717) is 11.3 Å². The second-order valence-electron chi connectivity index (χ2n) is 9.42. The van der Waals surface area contributed by atoms with Crippen LogP contribution in [0.4, 0.5) is 4.39 Å². The topological polar surface area (TPSA) is 72.3 Å². The Bertz CT molecular complexity index is 1330. The number of imidazole rings is 1. The third-order valence-corrected chi connectivity index (χ3v) is 8.15. The van der Waals surface area contributed by atoms with Crippen LogP contribution in [0, 0.1) is 12.7 Å². The van der Waals surface area contributed by atoms with Gasteiger partial charge in [0.25, 0.3) is 5.91 Å². The van der Waals surface area contributed by atoms with Gasteiger partial charge in [-0.15, -0.1) is 6.58 Å². The molecule has 0 radical (unpaired) electrons. The van der Waals surface area contributed by atoms with E-state index in [1.54, 1.807) is 17.2 Å². The summed E-state index contributed by atoms with van der Waals surface area (Å²) in [6, 6.07) is 12.9. The van der Waals surface area contributed by atoms with Crippen LogP contribution in [0.1, 0.15) is 65.3 Å². The van der Waals surface area contributed by atoms with Crippen molar-refractivity contribution in [3.05, 3.63) is 95.6 Å². The highest BCUT2D eigenvalue weighted by atomic mass is 32.2. The summed E-state index contributed by atoms with van der Waals surface area (Å²) >= 11 is 0. The predicted molar refractivity (Wildman–Crippen MR) is 138 cm³/mol. The third-order valence-electron chi connectivity index (χ3n) is 6.58. The lowest BCUT2D eigenvalue weighted by Crippen LogP contribution is -2.32. The first-order chi connectivity index (χ1) is 17.3. The fraction of sp³-hybridized carbons (Fsp3) is 0.357. The molecular formula is C28H32FN3O3S. The number of aromatic nitrogens is 2. The Morgan fingerprint density at radius 1 is 1.17 bits per heavy atom. The summed E-state index contributed by atoms with van der Waals surface area (Å²) in [7, 11) is -3.73. The van der Waals surface area contributed by atoms with Crippen LogP contribution in [-0.4, -0.2) is 35.3 Å². The van der Waals surface area contributed by atoms with Crippen molar-refractivity contribution in [2.45, 2.75) is 62.5 Å². The number of benzene rings is 2. The summed E-state index contributed by atoms with van der Waals surface area (Å²) in [5.41, 5.74) is 2.74. The van der Waals surface area contributed by atoms with Crippen LogP contribution >= 0.6 is 0 Å². The van der Waals surface area contributed by atoms with Gasteiger partial charge in [0, 0.05) is 18.2 Å². The molecule has 0 aliphatic heterocycles. The minimum atomic E-state index is -3.73. The van der Waals surface area contributed by atoms with E-state index in [9.17, 15) is 17.6 Å². The maximum Gasteiger partial charge on any atom is 0.254 e. The molecule has 1 fully saturated rings. The van der Waals surface area contributed by atoms with Crippen molar-refractivity contribution in [2.75, 3.05) is 6.54 Å². The number of carbonyl (C=O) groups excluding carboxylic acids is 1. The molecule has 2 aromatic carbocycles. The van der Waals surface area contributed by atoms with Gasteiger partial charge in [0.15, 0.2) is 0 Å². The number of rotatable bonds is 9. The molecule has 0 N–H and O–H groups in total. The highest BCUT2D eigenvalue weighted by Gasteiger charge is 2.30. The zero-order valence-corrected chi connectivity index (χ0v) is 21.4. The van der Waals surface area contributed by atoms with Crippen molar-refractivity contribution >= 4 is 15.7 Å². The van der Waals surface area contributed by atoms with Crippen molar-refractivity contribution < 1.29 is 17.6 Å². The molecule has 0 saturated heterocycles. The molecule has 4 rings (SSSR count). The number of nitrogens with zero attached hydrogens (tertiary/aromatic N) is 3. The summed E-state index contributed by atoms with van der Waals surface area (Å²) in [5.74, 6) is -0.834. The van der Waals surface area contributed by atoms with Gasteiger partial charge in [0.2, 0.25) is 15.0 Å². The first-order valence-corrected chi connectivity index (χ1v) is 13.9. The first kappa shape index (κ1) is 25.8. The Kier molecular flexibility index (Phi) is 8.04. The second kappa shape index (κ2) is 11.2. The number of hydrogen-bond donors (Lipinski definition) is 0. The molecule has 1 aromatic heterocycles. The summed E-state index contributed by atoms with van der Waals surface area (Å²) < 4.78 is 42.4. The van der Waals surface area contributed by atoms with E-state index < -0.39 is 15.7 Å². The zero-order valence-electron chi connectivity index (χ0n) is 20.6. The molecule has 1 amide bonds. The van der Waals surface area contributed by atoms with E-state index in [1.807, 2.05) is 35.8 Å². The lowest BCUT2D eigenvalue weighted by molar-refractivity contribution is 0.0757. The molecular weight excluding hydrogens is 477 g/mol. The smallest absolute Gasteiger partial charge is 0.254 e. The van der Waals surface area contributed by atoms with Gasteiger partial charge in [-0.2, -0.15) is 0 Å². The van der Waals surface area contributed by atoms with E-state index in [1.165, 1.54) is 24.3 Å². The highest BCUT2D eigenvalue weighted by Crippen LogP contribution is 2.33. The van der Waals surface area contributed by atoms with Crippen molar-refractivity contribution in [3.8, 4) is 0 Å². The zero-order chi connectivity index (χ0) is 25.7. The maximum atomic E-state index is 13.6. The van der Waals surface area contributed by atoms with Gasteiger partial charge in [0.1, 0.15) is 5.82 Å². The van der Waals surface area contributed by atoms with Crippen molar-refractivity contribution in [1.82, 2.24) is 14.5 Å². The Labute approximate surface area is 212 Å². The molecule has 6 nitrogen and oxygen atoms in total. The monoisotopic (exact) mass is 509 g/mol. The Balaban J connectivity index is 1.69. The lowest BCUT2D eigenvalue weighted by Gasteiger charge is -2.28. The molecule has 8 heteroatoms. The van der Waals surface area contributed by atoms with Gasteiger partial charge < -0.3 is 9.47 Å². The number of halogens is 1. The number of aryl methyl sites for hydroxylation is 1. The van der Waals surface area contributed by atoms with E-state index in [0.717, 1.165) is 43.2 Å². The van der Waals surface area contributed by atoms with Crippen molar-refractivity contribution in [1.29, 1.82) is 0 Å². The molecule has 0 bridgehead atoms. The van der Waals surface area contributed by atoms with Crippen LogP contribution in [0.5, 0.6) is 0 Å². The average molecular weight is 510 g/mol. The van der Waals surface area contributed by atoms with Crippen LogP contribution in [0.25, 0.3) is 0 Å². The second-order valence-corrected chi connectivity index (χ2v) is 11.3. The summed E-state index contributed by atoms with van der Waals surface area (Å²) in [6.07, 6.45) is 8.09. The van der Waals surface area contributed by atoms with Crippen LogP contribution in [-0.2, 0) is 22.1 Å². The van der Waals surface area contributed by atoms with Gasteiger partial charge in [0.05, 0.1) is 24.2 Å². The minimum absolute atomic E-state index is 0.00467. The molecule has 0 atom stereocenters. The van der Waals surface area contributed by atoms with E-state index >= 15 is 0 Å². The van der Waals surface area contributed by atoms with Crippen molar-refractivity contribution in [2.24, 2.45) is 0 Å². The van der Waals surface area contributed by atoms with Crippen LogP contribution in [0.2, 0.25) is 0 Å². The van der Waals surface area contributed by atoms with E-state index in [-0.39, 0.29) is 35.9 Å². The van der Waals surface area contributed by atoms with Gasteiger partial charge >= 0.3 is 0 Å². The molecule has 190 valence electrons. The summed E-state index contributed by atoms with van der Waals surface area (Å²) in [4.78, 5) is 19.2. The fourth-order valence-corrected chi connectivity index (χ4v) is 6.41. The number of hydrogen-bond acceptors (Lipinski definition) is 4. The maximum absolute atomic E-state index is 13.6. The third kappa shape index (κ3) is 5.93. The van der Waals surface area contributed by atoms with Crippen molar-refractivity contribution in [3.63, 3.8) is 0 Å². The van der Waals surface area contributed by atoms with Gasteiger partial charge in [-0.25, -0.2) is 17.8 Å². The first-order valence-electron chi connectivity index (χ1n) is 12.3. The Hall–Kier alpha value is -3.26. The number of amides is 1. The molecule has 1 aliphatic carbocycles. The molecule has 3 aromatic rings.